The molecule has 4 N–H and O–H groups in total. The third-order valence-electron chi connectivity index (χ3n) is 1.39. The second-order valence-electron chi connectivity index (χ2n) is 2.80. The van der Waals surface area contributed by atoms with Gasteiger partial charge in [0.1, 0.15) is 13.0 Å². The van der Waals surface area contributed by atoms with Crippen LogP contribution in [0.1, 0.15) is 0 Å². The van der Waals surface area contributed by atoms with E-state index in [4.69, 9.17) is 20.3 Å². The number of aromatic nitrogens is 2. The quantitative estimate of drug-likeness (QED) is 0.458. The summed E-state index contributed by atoms with van der Waals surface area (Å²) in [4.78, 5) is 24.4. The lowest BCUT2D eigenvalue weighted by atomic mass is 10.6. The smallest absolute Gasteiger partial charge is 0.350 e. The molecule has 0 fully saturated rings. The summed E-state index contributed by atoms with van der Waals surface area (Å²) in [5, 5.41) is 0. The molecular formula is C7H12N3O5P. The molecule has 0 unspecified atom stereocenters. The molecule has 1 aromatic heterocycles. The summed E-state index contributed by atoms with van der Waals surface area (Å²) in [6, 6.07) is 1.51. The maximum Gasteiger partial charge on any atom is 0.350 e. The van der Waals surface area contributed by atoms with Crippen molar-refractivity contribution in [2.24, 2.45) is 0 Å². The number of ether oxygens (including phenoxy) is 2. The Hall–Kier alpha value is -1.21. The molecule has 0 amide bonds. The zero-order valence-corrected chi connectivity index (χ0v) is 9.21. The van der Waals surface area contributed by atoms with Crippen LogP contribution in [0.3, 0.4) is 0 Å². The summed E-state index contributed by atoms with van der Waals surface area (Å²) in [6.07, 6.45) is 0.816. The van der Waals surface area contributed by atoms with Gasteiger partial charge in [0.25, 0.3) is 0 Å². The minimum atomic E-state index is -4.11. The van der Waals surface area contributed by atoms with Crippen LogP contribution in [-0.4, -0.2) is 39.3 Å². The van der Waals surface area contributed by atoms with E-state index in [-0.39, 0.29) is 25.0 Å². The van der Waals surface area contributed by atoms with Crippen molar-refractivity contribution >= 4 is 13.5 Å². The molecular weight excluding hydrogens is 237 g/mol. The van der Waals surface area contributed by atoms with Gasteiger partial charge < -0.3 is 25.0 Å². The van der Waals surface area contributed by atoms with Crippen molar-refractivity contribution in [3.8, 4) is 5.88 Å². The monoisotopic (exact) mass is 249 g/mol. The van der Waals surface area contributed by atoms with E-state index >= 15 is 0 Å². The molecule has 0 aliphatic carbocycles. The maximum atomic E-state index is 10.4. The van der Waals surface area contributed by atoms with Gasteiger partial charge in [-0.25, -0.2) is 4.98 Å². The Kier molecular flexibility index (Phi) is 4.63. The van der Waals surface area contributed by atoms with Crippen LogP contribution in [0, 0.1) is 0 Å². The van der Waals surface area contributed by atoms with Crippen LogP contribution in [0.4, 0.5) is 5.95 Å². The van der Waals surface area contributed by atoms with Gasteiger partial charge in [-0.1, -0.05) is 0 Å². The van der Waals surface area contributed by atoms with Crippen LogP contribution in [0.2, 0.25) is 0 Å². The van der Waals surface area contributed by atoms with Crippen molar-refractivity contribution in [2.45, 2.75) is 0 Å². The summed E-state index contributed by atoms with van der Waals surface area (Å²) in [5.74, 6) is 0.376. The van der Waals surface area contributed by atoms with E-state index in [2.05, 4.69) is 14.7 Å². The van der Waals surface area contributed by atoms with Gasteiger partial charge in [-0.15, -0.1) is 0 Å². The molecule has 1 rings (SSSR count). The predicted octanol–water partition coefficient (Wildman–Crippen LogP) is -0.411. The second kappa shape index (κ2) is 5.76. The Morgan fingerprint density at radius 2 is 2.19 bits per heavy atom. The summed E-state index contributed by atoms with van der Waals surface area (Å²) < 4.78 is 20.2. The van der Waals surface area contributed by atoms with Crippen molar-refractivity contribution in [1.29, 1.82) is 0 Å². The standard InChI is InChI=1S/C7H12N3O5P/c8-7-9-2-1-6(10-7)15-4-3-14-5-16(11,12)13/h1-2H,3-5H2,(H2,8,9,10)(H2,11,12,13). The lowest BCUT2D eigenvalue weighted by molar-refractivity contribution is 0.118. The fraction of sp³-hybridized carbons (Fsp3) is 0.429. The molecule has 0 aromatic carbocycles. The largest absolute Gasteiger partial charge is 0.475 e. The van der Waals surface area contributed by atoms with Gasteiger partial charge in [-0.3, -0.25) is 4.57 Å². The highest BCUT2D eigenvalue weighted by molar-refractivity contribution is 7.51. The molecule has 9 heteroatoms. The predicted molar refractivity (Wildman–Crippen MR) is 54.8 cm³/mol. The number of rotatable bonds is 6. The summed E-state index contributed by atoms with van der Waals surface area (Å²) in [7, 11) is -4.11. The molecule has 16 heavy (non-hydrogen) atoms. The fourth-order valence-corrected chi connectivity index (χ4v) is 1.19. The normalized spacial score (nSPS) is 11.4. The molecule has 8 nitrogen and oxygen atoms in total. The molecule has 0 aliphatic rings. The molecule has 0 aliphatic heterocycles. The molecule has 0 spiro atoms. The van der Waals surface area contributed by atoms with Gasteiger partial charge in [-0.2, -0.15) is 4.98 Å². The SMILES string of the molecule is Nc1nccc(OCCOCP(=O)(O)O)n1. The first-order valence-electron chi connectivity index (χ1n) is 4.31. The van der Waals surface area contributed by atoms with Crippen LogP contribution < -0.4 is 10.5 Å². The van der Waals surface area contributed by atoms with Gasteiger partial charge in [0, 0.05) is 12.3 Å². The van der Waals surface area contributed by atoms with E-state index in [0.717, 1.165) is 0 Å². The molecule has 1 aromatic rings. The fourth-order valence-electron chi connectivity index (χ4n) is 0.825. The van der Waals surface area contributed by atoms with Gasteiger partial charge >= 0.3 is 7.60 Å². The Bertz CT molecular complexity index is 382. The number of nitrogen functional groups attached to an aromatic ring is 1. The first-order valence-corrected chi connectivity index (χ1v) is 6.11. The number of hydrogen-bond acceptors (Lipinski definition) is 6. The molecule has 0 saturated heterocycles. The molecule has 1 heterocycles. The highest BCUT2D eigenvalue weighted by Gasteiger charge is 2.12. The number of nitrogens with zero attached hydrogens (tertiary/aromatic N) is 2. The van der Waals surface area contributed by atoms with Crippen LogP contribution in [0.25, 0.3) is 0 Å². The van der Waals surface area contributed by atoms with Crippen molar-refractivity contribution in [2.75, 3.05) is 25.3 Å². The third kappa shape index (κ3) is 5.62. The first kappa shape index (κ1) is 12.9. The Labute approximate surface area is 91.6 Å². The minimum Gasteiger partial charge on any atom is -0.475 e. The van der Waals surface area contributed by atoms with E-state index in [9.17, 15) is 4.57 Å². The number of anilines is 1. The molecule has 0 saturated carbocycles. The third-order valence-corrected chi connectivity index (χ3v) is 1.90. The van der Waals surface area contributed by atoms with Crippen LogP contribution in [-0.2, 0) is 9.30 Å². The number of hydrogen-bond donors (Lipinski definition) is 3. The minimum absolute atomic E-state index is 0.0506. The highest BCUT2D eigenvalue weighted by atomic mass is 31.2. The van der Waals surface area contributed by atoms with Crippen LogP contribution in [0.5, 0.6) is 5.88 Å². The van der Waals surface area contributed by atoms with Crippen LogP contribution >= 0.6 is 7.60 Å². The van der Waals surface area contributed by atoms with Crippen molar-refractivity contribution in [3.63, 3.8) is 0 Å². The van der Waals surface area contributed by atoms with Gasteiger partial charge in [0.05, 0.1) is 6.61 Å². The summed E-state index contributed by atoms with van der Waals surface area (Å²) >= 11 is 0. The lowest BCUT2D eigenvalue weighted by Crippen LogP contribution is -2.09. The van der Waals surface area contributed by atoms with Gasteiger partial charge in [-0.05, 0) is 0 Å². The Morgan fingerprint density at radius 3 is 2.81 bits per heavy atom. The Balaban J connectivity index is 2.19. The van der Waals surface area contributed by atoms with E-state index in [1.165, 1.54) is 12.3 Å². The summed E-state index contributed by atoms with van der Waals surface area (Å²) in [6.45, 7) is 0.172. The lowest BCUT2D eigenvalue weighted by Gasteiger charge is -2.07. The second-order valence-corrected chi connectivity index (χ2v) is 4.39. The molecule has 0 bridgehead atoms. The van der Waals surface area contributed by atoms with Crippen molar-refractivity contribution < 1.29 is 23.8 Å². The first-order chi connectivity index (χ1) is 7.47. The highest BCUT2D eigenvalue weighted by Crippen LogP contribution is 2.33. The van der Waals surface area contributed by atoms with Crippen LogP contribution in [0.15, 0.2) is 12.3 Å². The zero-order chi connectivity index (χ0) is 12.0. The number of nitrogens with two attached hydrogens (primary N) is 1. The van der Waals surface area contributed by atoms with E-state index < -0.39 is 13.9 Å². The van der Waals surface area contributed by atoms with Crippen molar-refractivity contribution in [3.05, 3.63) is 12.3 Å². The molecule has 0 radical (unpaired) electrons. The van der Waals surface area contributed by atoms with E-state index in [0.29, 0.717) is 0 Å². The average molecular weight is 249 g/mol. The van der Waals surface area contributed by atoms with Crippen molar-refractivity contribution in [1.82, 2.24) is 9.97 Å². The molecule has 0 atom stereocenters. The topological polar surface area (TPSA) is 128 Å². The zero-order valence-electron chi connectivity index (χ0n) is 8.31. The molecule has 90 valence electrons. The maximum absolute atomic E-state index is 10.4. The Morgan fingerprint density at radius 1 is 1.44 bits per heavy atom. The van der Waals surface area contributed by atoms with Gasteiger partial charge in [0.2, 0.25) is 11.8 Å². The van der Waals surface area contributed by atoms with E-state index in [1.807, 2.05) is 0 Å². The average Bonchev–Trinajstić information content (AvgIpc) is 2.15. The summed E-state index contributed by atoms with van der Waals surface area (Å²) in [5.41, 5.74) is 5.31. The van der Waals surface area contributed by atoms with E-state index in [1.54, 1.807) is 0 Å². The van der Waals surface area contributed by atoms with Gasteiger partial charge in [0.15, 0.2) is 0 Å².